The molecular formula is C17H17NO2S. The van der Waals surface area contributed by atoms with Gasteiger partial charge >= 0.3 is 0 Å². The zero-order valence-corrected chi connectivity index (χ0v) is 12.7. The third-order valence-electron chi connectivity index (χ3n) is 4.85. The van der Waals surface area contributed by atoms with Gasteiger partial charge in [0.15, 0.2) is 0 Å². The molecule has 1 aliphatic heterocycles. The maximum Gasteiger partial charge on any atom is 0.203 e. The largest absolute Gasteiger partial charge is 0.380 e. The Morgan fingerprint density at radius 1 is 1.29 bits per heavy atom. The summed E-state index contributed by atoms with van der Waals surface area (Å²) >= 11 is 1.44. The molecule has 0 saturated carbocycles. The first-order chi connectivity index (χ1) is 10.1. The molecule has 4 rings (SSSR count). The van der Waals surface area contributed by atoms with Crippen LogP contribution in [0.5, 0.6) is 0 Å². The van der Waals surface area contributed by atoms with Crippen molar-refractivity contribution in [2.75, 3.05) is 20.1 Å². The van der Waals surface area contributed by atoms with Crippen molar-refractivity contribution in [3.63, 3.8) is 0 Å². The van der Waals surface area contributed by atoms with Gasteiger partial charge < -0.3 is 10.0 Å². The Morgan fingerprint density at radius 3 is 2.86 bits per heavy atom. The van der Waals surface area contributed by atoms with Crippen LogP contribution < -0.4 is 0 Å². The molecule has 1 aliphatic carbocycles. The van der Waals surface area contributed by atoms with Gasteiger partial charge in [0.1, 0.15) is 5.60 Å². The van der Waals surface area contributed by atoms with E-state index >= 15 is 0 Å². The fourth-order valence-corrected chi connectivity index (χ4v) is 4.69. The summed E-state index contributed by atoms with van der Waals surface area (Å²) in [5, 5.41) is 13.5. The number of likely N-dealkylation sites (tertiary alicyclic amines) is 1. The number of benzene rings is 1. The van der Waals surface area contributed by atoms with Crippen molar-refractivity contribution < 1.29 is 9.90 Å². The van der Waals surface area contributed by atoms with Crippen molar-refractivity contribution in [3.05, 3.63) is 57.3 Å². The average Bonchev–Trinajstić information content (AvgIpc) is 3.14. The summed E-state index contributed by atoms with van der Waals surface area (Å²) in [6, 6.07) is 9.45. The van der Waals surface area contributed by atoms with Gasteiger partial charge in [-0.3, -0.25) is 4.79 Å². The smallest absolute Gasteiger partial charge is 0.203 e. The molecule has 0 bridgehead atoms. The summed E-state index contributed by atoms with van der Waals surface area (Å²) in [7, 11) is 2.08. The van der Waals surface area contributed by atoms with Gasteiger partial charge in [0.2, 0.25) is 5.78 Å². The number of rotatable bonds is 1. The Morgan fingerprint density at radius 2 is 2.10 bits per heavy atom. The van der Waals surface area contributed by atoms with Gasteiger partial charge in [-0.2, -0.15) is 0 Å². The van der Waals surface area contributed by atoms with Crippen LogP contribution in [0.4, 0.5) is 0 Å². The van der Waals surface area contributed by atoms with Crippen molar-refractivity contribution in [2.45, 2.75) is 12.0 Å². The number of hydrogen-bond donors (Lipinski definition) is 1. The molecule has 2 unspecified atom stereocenters. The highest BCUT2D eigenvalue weighted by molar-refractivity contribution is 7.12. The monoisotopic (exact) mass is 299 g/mol. The standard InChI is InChI=1S/C17H17NO2S/c1-18-8-6-11(10-18)17(20)13-5-3-2-4-12(13)15(19)16-14(17)7-9-21-16/h2-5,7,9,11,20H,6,8,10H2,1H3. The molecule has 1 fully saturated rings. The molecule has 0 spiro atoms. The van der Waals surface area contributed by atoms with E-state index in [1.54, 1.807) is 0 Å². The summed E-state index contributed by atoms with van der Waals surface area (Å²) in [5.74, 6) is 0.178. The average molecular weight is 299 g/mol. The van der Waals surface area contributed by atoms with E-state index in [-0.39, 0.29) is 11.7 Å². The van der Waals surface area contributed by atoms with Crippen molar-refractivity contribution >= 4 is 17.1 Å². The lowest BCUT2D eigenvalue weighted by atomic mass is 9.70. The molecule has 2 aromatic rings. The second-order valence-electron chi connectivity index (χ2n) is 6.05. The van der Waals surface area contributed by atoms with E-state index in [2.05, 4.69) is 11.9 Å². The van der Waals surface area contributed by atoms with E-state index in [0.717, 1.165) is 30.6 Å². The van der Waals surface area contributed by atoms with E-state index in [1.807, 2.05) is 35.7 Å². The Bertz CT molecular complexity index is 723. The van der Waals surface area contributed by atoms with E-state index in [4.69, 9.17) is 0 Å². The number of thiophene rings is 1. The Balaban J connectivity index is 1.96. The van der Waals surface area contributed by atoms with Crippen LogP contribution in [-0.2, 0) is 5.60 Å². The highest BCUT2D eigenvalue weighted by atomic mass is 32.1. The number of aliphatic hydroxyl groups is 1. The zero-order chi connectivity index (χ0) is 14.6. The van der Waals surface area contributed by atoms with Gasteiger partial charge in [0.05, 0.1) is 4.88 Å². The molecule has 1 saturated heterocycles. The minimum atomic E-state index is -1.04. The van der Waals surface area contributed by atoms with Gasteiger partial charge in [-0.1, -0.05) is 24.3 Å². The second kappa shape index (κ2) is 4.50. The van der Waals surface area contributed by atoms with Crippen LogP contribution in [0.3, 0.4) is 0 Å². The fourth-order valence-electron chi connectivity index (χ4n) is 3.78. The summed E-state index contributed by atoms with van der Waals surface area (Å²) in [4.78, 5) is 15.6. The minimum absolute atomic E-state index is 0.0478. The van der Waals surface area contributed by atoms with Crippen molar-refractivity contribution in [3.8, 4) is 0 Å². The number of hydrogen-bond acceptors (Lipinski definition) is 4. The van der Waals surface area contributed by atoms with Gasteiger partial charge in [-0.05, 0) is 37.0 Å². The molecule has 0 amide bonds. The first-order valence-corrected chi connectivity index (χ1v) is 8.13. The SMILES string of the molecule is CN1CCC(C2(O)c3ccccc3C(=O)c3sccc32)C1. The van der Waals surface area contributed by atoms with Gasteiger partial charge in [0, 0.05) is 23.6 Å². The van der Waals surface area contributed by atoms with E-state index < -0.39 is 5.60 Å². The number of fused-ring (bicyclic) bond motifs is 2. The zero-order valence-electron chi connectivity index (χ0n) is 11.9. The van der Waals surface area contributed by atoms with Crippen molar-refractivity contribution in [2.24, 2.45) is 5.92 Å². The van der Waals surface area contributed by atoms with Gasteiger partial charge in [0.25, 0.3) is 0 Å². The number of carbonyl (C=O) groups is 1. The van der Waals surface area contributed by atoms with Crippen LogP contribution in [0.1, 0.15) is 32.8 Å². The summed E-state index contributed by atoms with van der Waals surface area (Å²) in [5.41, 5.74) is 1.20. The molecule has 1 aromatic heterocycles. The molecule has 2 atom stereocenters. The lowest BCUT2D eigenvalue weighted by Gasteiger charge is -2.38. The molecule has 21 heavy (non-hydrogen) atoms. The summed E-state index contributed by atoms with van der Waals surface area (Å²) in [6.07, 6.45) is 0.949. The van der Waals surface area contributed by atoms with Crippen molar-refractivity contribution in [1.29, 1.82) is 0 Å². The third-order valence-corrected chi connectivity index (χ3v) is 5.76. The van der Waals surface area contributed by atoms with E-state index in [0.29, 0.717) is 10.4 Å². The van der Waals surface area contributed by atoms with Crippen LogP contribution in [0.2, 0.25) is 0 Å². The van der Waals surface area contributed by atoms with Gasteiger partial charge in [-0.15, -0.1) is 11.3 Å². The molecule has 2 aliphatic rings. The first-order valence-electron chi connectivity index (χ1n) is 7.25. The van der Waals surface area contributed by atoms with E-state index in [1.165, 1.54) is 11.3 Å². The molecule has 1 aromatic carbocycles. The lowest BCUT2D eigenvalue weighted by molar-refractivity contribution is 0.0179. The van der Waals surface area contributed by atoms with E-state index in [9.17, 15) is 9.90 Å². The topological polar surface area (TPSA) is 40.5 Å². The number of ketones is 1. The van der Waals surface area contributed by atoms with Gasteiger partial charge in [-0.25, -0.2) is 0 Å². The molecule has 108 valence electrons. The predicted molar refractivity (Wildman–Crippen MR) is 82.8 cm³/mol. The fraction of sp³-hybridized carbons (Fsp3) is 0.353. The maximum absolute atomic E-state index is 12.6. The highest BCUT2D eigenvalue weighted by Crippen LogP contribution is 2.48. The molecule has 0 radical (unpaired) electrons. The van der Waals surface area contributed by atoms with Crippen LogP contribution in [0, 0.1) is 5.92 Å². The predicted octanol–water partition coefficient (Wildman–Crippen LogP) is 2.48. The van der Waals surface area contributed by atoms with Crippen LogP contribution in [0.25, 0.3) is 0 Å². The molecular weight excluding hydrogens is 282 g/mol. The van der Waals surface area contributed by atoms with Crippen LogP contribution >= 0.6 is 11.3 Å². The maximum atomic E-state index is 12.6. The summed E-state index contributed by atoms with van der Waals surface area (Å²) < 4.78 is 0. The third kappa shape index (κ3) is 1.70. The normalized spacial score (nSPS) is 28.5. The molecule has 1 N–H and O–H groups in total. The van der Waals surface area contributed by atoms with Crippen LogP contribution in [-0.4, -0.2) is 35.9 Å². The molecule has 2 heterocycles. The van der Waals surface area contributed by atoms with Crippen LogP contribution in [0.15, 0.2) is 35.7 Å². The lowest BCUT2D eigenvalue weighted by Crippen LogP contribution is -2.42. The van der Waals surface area contributed by atoms with Crippen molar-refractivity contribution in [1.82, 2.24) is 4.90 Å². The number of nitrogens with zero attached hydrogens (tertiary/aromatic N) is 1. The molecule has 3 nitrogen and oxygen atoms in total. The second-order valence-corrected chi connectivity index (χ2v) is 6.97. The quantitative estimate of drug-likeness (QED) is 0.879. The Kier molecular flexibility index (Phi) is 2.83. The number of carbonyl (C=O) groups excluding carboxylic acids is 1. The Labute approximate surface area is 127 Å². The summed E-state index contributed by atoms with van der Waals surface area (Å²) in [6.45, 7) is 1.84. The highest BCUT2D eigenvalue weighted by Gasteiger charge is 2.49. The Hall–Kier alpha value is -1.49. The first kappa shape index (κ1) is 13.2. The molecule has 4 heteroatoms. The minimum Gasteiger partial charge on any atom is -0.380 e.